The van der Waals surface area contributed by atoms with Gasteiger partial charge in [0, 0.05) is 6.04 Å². The molecule has 0 amide bonds. The molecule has 0 spiro atoms. The van der Waals surface area contributed by atoms with Gasteiger partial charge in [-0.15, -0.1) is 0 Å². The van der Waals surface area contributed by atoms with Crippen LogP contribution in [0.3, 0.4) is 0 Å². The van der Waals surface area contributed by atoms with Gasteiger partial charge in [-0.25, -0.2) is 8.42 Å². The van der Waals surface area contributed by atoms with E-state index in [-0.39, 0.29) is 18.2 Å². The minimum Gasteiger partial charge on any atom is -0.212 e. The lowest BCUT2D eigenvalue weighted by molar-refractivity contribution is -0.137. The summed E-state index contributed by atoms with van der Waals surface area (Å²) in [5, 5.41) is 8.87. The number of alkyl halides is 3. The molecule has 8 heteroatoms. The fourth-order valence-corrected chi connectivity index (χ4v) is 4.53. The molecule has 1 aliphatic rings. The Labute approximate surface area is 133 Å². The monoisotopic (exact) mass is 346 g/mol. The van der Waals surface area contributed by atoms with Crippen molar-refractivity contribution in [2.45, 2.75) is 43.7 Å². The van der Waals surface area contributed by atoms with Gasteiger partial charge in [-0.3, -0.25) is 0 Å². The molecule has 0 radical (unpaired) electrons. The molecule has 23 heavy (non-hydrogen) atoms. The van der Waals surface area contributed by atoms with E-state index in [4.69, 9.17) is 5.26 Å². The van der Waals surface area contributed by atoms with Crippen LogP contribution in [0.15, 0.2) is 24.3 Å². The van der Waals surface area contributed by atoms with E-state index in [0.717, 1.165) is 29.3 Å². The second-order valence-electron chi connectivity index (χ2n) is 5.60. The second kappa shape index (κ2) is 6.89. The summed E-state index contributed by atoms with van der Waals surface area (Å²) >= 11 is 0. The highest BCUT2D eigenvalue weighted by Gasteiger charge is 2.33. The number of hydrogen-bond donors (Lipinski definition) is 0. The Hall–Kier alpha value is -1.59. The summed E-state index contributed by atoms with van der Waals surface area (Å²) in [5.74, 6) is -0.533. The van der Waals surface area contributed by atoms with Crippen molar-refractivity contribution in [2.75, 3.05) is 6.54 Å². The highest BCUT2D eigenvalue weighted by Crippen LogP contribution is 2.31. The van der Waals surface area contributed by atoms with Crippen molar-refractivity contribution in [1.29, 1.82) is 5.26 Å². The van der Waals surface area contributed by atoms with E-state index in [0.29, 0.717) is 12.8 Å². The van der Waals surface area contributed by atoms with E-state index < -0.39 is 27.5 Å². The maximum atomic E-state index is 12.7. The molecule has 1 aromatic carbocycles. The van der Waals surface area contributed by atoms with Gasteiger partial charge in [-0.1, -0.05) is 31.0 Å². The van der Waals surface area contributed by atoms with Crippen LogP contribution in [0.5, 0.6) is 0 Å². The van der Waals surface area contributed by atoms with Gasteiger partial charge in [0.1, 0.15) is 6.54 Å². The Morgan fingerprint density at radius 3 is 2.48 bits per heavy atom. The third kappa shape index (κ3) is 4.45. The average Bonchev–Trinajstić information content (AvgIpc) is 2.97. The normalized spacial score (nSPS) is 16.7. The second-order valence-corrected chi connectivity index (χ2v) is 7.52. The highest BCUT2D eigenvalue weighted by molar-refractivity contribution is 7.88. The predicted molar refractivity (Wildman–Crippen MR) is 78.6 cm³/mol. The van der Waals surface area contributed by atoms with Gasteiger partial charge in [0.25, 0.3) is 0 Å². The van der Waals surface area contributed by atoms with Gasteiger partial charge in [-0.2, -0.15) is 22.7 Å². The summed E-state index contributed by atoms with van der Waals surface area (Å²) in [4.78, 5) is 0. The fourth-order valence-electron chi connectivity index (χ4n) is 2.85. The number of halogens is 3. The zero-order valence-electron chi connectivity index (χ0n) is 12.4. The first-order valence-electron chi connectivity index (χ1n) is 7.26. The lowest BCUT2D eigenvalue weighted by Gasteiger charge is -2.25. The average molecular weight is 346 g/mol. The van der Waals surface area contributed by atoms with Crippen molar-refractivity contribution in [1.82, 2.24) is 4.31 Å². The molecule has 1 saturated carbocycles. The molecule has 1 fully saturated rings. The van der Waals surface area contributed by atoms with E-state index in [1.807, 2.05) is 6.07 Å². The largest absolute Gasteiger partial charge is 0.416 e. The molecular formula is C15H17F3N2O2S. The summed E-state index contributed by atoms with van der Waals surface area (Å²) in [6.45, 7) is -0.272. The summed E-state index contributed by atoms with van der Waals surface area (Å²) in [6, 6.07) is 5.90. The Morgan fingerprint density at radius 2 is 1.91 bits per heavy atom. The molecule has 0 aliphatic heterocycles. The Kier molecular flexibility index (Phi) is 5.32. The zero-order chi connectivity index (χ0) is 17.1. The number of rotatable bonds is 5. The van der Waals surface area contributed by atoms with Crippen LogP contribution in [-0.2, 0) is 22.0 Å². The quantitative estimate of drug-likeness (QED) is 0.769. The lowest BCUT2D eigenvalue weighted by Crippen LogP contribution is -2.39. The van der Waals surface area contributed by atoms with E-state index in [2.05, 4.69) is 0 Å². The molecule has 0 atom stereocenters. The smallest absolute Gasteiger partial charge is 0.212 e. The first kappa shape index (κ1) is 17.8. The maximum Gasteiger partial charge on any atom is 0.416 e. The maximum absolute atomic E-state index is 12.7. The number of sulfonamides is 1. The van der Waals surface area contributed by atoms with E-state index >= 15 is 0 Å². The van der Waals surface area contributed by atoms with Crippen molar-refractivity contribution in [3.63, 3.8) is 0 Å². The molecule has 0 N–H and O–H groups in total. The van der Waals surface area contributed by atoms with Crippen LogP contribution < -0.4 is 0 Å². The Morgan fingerprint density at radius 1 is 1.26 bits per heavy atom. The minimum absolute atomic E-state index is 0.0701. The van der Waals surface area contributed by atoms with E-state index in [1.165, 1.54) is 12.1 Å². The molecule has 0 saturated heterocycles. The summed E-state index contributed by atoms with van der Waals surface area (Å²) in [7, 11) is -3.84. The molecule has 126 valence electrons. The van der Waals surface area contributed by atoms with Crippen molar-refractivity contribution < 1.29 is 21.6 Å². The number of benzene rings is 1. The third-order valence-electron chi connectivity index (χ3n) is 3.92. The van der Waals surface area contributed by atoms with E-state index in [9.17, 15) is 21.6 Å². The van der Waals surface area contributed by atoms with Gasteiger partial charge >= 0.3 is 6.18 Å². The molecule has 0 bridgehead atoms. The molecule has 0 aromatic heterocycles. The molecule has 1 aromatic rings. The Balaban J connectivity index is 2.24. The molecule has 4 nitrogen and oxygen atoms in total. The minimum atomic E-state index is -4.52. The van der Waals surface area contributed by atoms with Crippen LogP contribution in [0.4, 0.5) is 13.2 Å². The highest BCUT2D eigenvalue weighted by atomic mass is 32.2. The standard InChI is InChI=1S/C15H17F3N2O2S/c16-15(17,18)13-5-3-4-12(10-13)11-23(21,22)20(9-8-19)14-6-1-2-7-14/h3-5,10,14H,1-2,6-7,9,11H2. The third-order valence-corrected chi connectivity index (χ3v) is 5.76. The fraction of sp³-hybridized carbons (Fsp3) is 0.533. The van der Waals surface area contributed by atoms with Crippen molar-refractivity contribution in [3.8, 4) is 6.07 Å². The van der Waals surface area contributed by atoms with Gasteiger partial charge < -0.3 is 0 Å². The molecule has 2 rings (SSSR count). The zero-order valence-corrected chi connectivity index (χ0v) is 13.2. The van der Waals surface area contributed by atoms with Crippen molar-refractivity contribution >= 4 is 10.0 Å². The topological polar surface area (TPSA) is 61.2 Å². The van der Waals surface area contributed by atoms with Crippen molar-refractivity contribution in [3.05, 3.63) is 35.4 Å². The summed E-state index contributed by atoms with van der Waals surface area (Å²) in [5.41, 5.74) is -0.807. The van der Waals surface area contributed by atoms with Gasteiger partial charge in [0.15, 0.2) is 0 Å². The van der Waals surface area contributed by atoms with Gasteiger partial charge in [0.05, 0.1) is 17.4 Å². The summed E-state index contributed by atoms with van der Waals surface area (Å²) in [6.07, 6.45) is -1.36. The van der Waals surface area contributed by atoms with Crippen LogP contribution >= 0.6 is 0 Å². The first-order chi connectivity index (χ1) is 10.7. The molecular weight excluding hydrogens is 329 g/mol. The van der Waals surface area contributed by atoms with Crippen molar-refractivity contribution in [2.24, 2.45) is 0 Å². The van der Waals surface area contributed by atoms with Gasteiger partial charge in [0.2, 0.25) is 10.0 Å². The molecule has 0 heterocycles. The van der Waals surface area contributed by atoms with Crippen LogP contribution in [0.25, 0.3) is 0 Å². The van der Waals surface area contributed by atoms with E-state index in [1.54, 1.807) is 0 Å². The first-order valence-corrected chi connectivity index (χ1v) is 8.87. The predicted octanol–water partition coefficient (Wildman–Crippen LogP) is 3.30. The molecule has 1 aliphatic carbocycles. The number of nitriles is 1. The SMILES string of the molecule is N#CCN(C1CCCC1)S(=O)(=O)Cc1cccc(C(F)(F)F)c1. The summed E-state index contributed by atoms with van der Waals surface area (Å²) < 4.78 is 64.4. The number of nitrogens with zero attached hydrogens (tertiary/aromatic N) is 2. The van der Waals surface area contributed by atoms with Gasteiger partial charge in [-0.05, 0) is 24.5 Å². The molecule has 0 unspecified atom stereocenters. The Bertz CT molecular complexity index is 689. The van der Waals surface area contributed by atoms with Crippen LogP contribution in [-0.4, -0.2) is 25.3 Å². The van der Waals surface area contributed by atoms with Crippen LogP contribution in [0.2, 0.25) is 0 Å². The lowest BCUT2D eigenvalue weighted by atomic mass is 10.1. The van der Waals surface area contributed by atoms with Crippen LogP contribution in [0, 0.1) is 11.3 Å². The number of hydrogen-bond acceptors (Lipinski definition) is 3. The van der Waals surface area contributed by atoms with Crippen LogP contribution in [0.1, 0.15) is 36.8 Å².